The summed E-state index contributed by atoms with van der Waals surface area (Å²) in [7, 11) is 0. The number of benzene rings is 2. The first kappa shape index (κ1) is 21.0. The number of hydrogen-bond acceptors (Lipinski definition) is 7. The molecule has 2 aromatic carbocycles. The predicted octanol–water partition coefficient (Wildman–Crippen LogP) is 5.67. The van der Waals surface area contributed by atoms with Crippen LogP contribution in [0.15, 0.2) is 48.8 Å². The molecule has 1 aromatic heterocycles. The van der Waals surface area contributed by atoms with Gasteiger partial charge in [0, 0.05) is 11.4 Å². The molecule has 2 N–H and O–H groups in total. The third kappa shape index (κ3) is 5.44. The highest BCUT2D eigenvalue weighted by Gasteiger charge is 2.23. The average molecular weight is 407 g/mol. The smallest absolute Gasteiger partial charge is 0.353 e. The Balaban J connectivity index is 1.83. The van der Waals surface area contributed by atoms with E-state index in [4.69, 9.17) is 4.74 Å². The first-order chi connectivity index (χ1) is 14.5. The molecule has 0 spiro atoms. The number of aryl methyl sites for hydroxylation is 2. The molecule has 0 atom stereocenters. The third-order valence-electron chi connectivity index (χ3n) is 4.37. The van der Waals surface area contributed by atoms with Crippen LogP contribution in [0.2, 0.25) is 0 Å². The van der Waals surface area contributed by atoms with Gasteiger partial charge in [0.15, 0.2) is 0 Å². The van der Waals surface area contributed by atoms with E-state index in [1.807, 2.05) is 44.2 Å². The summed E-state index contributed by atoms with van der Waals surface area (Å²) in [6.07, 6.45) is 3.35. The van der Waals surface area contributed by atoms with Crippen LogP contribution in [0.5, 0.6) is 5.75 Å². The van der Waals surface area contributed by atoms with Gasteiger partial charge in [-0.05, 0) is 67.8 Å². The maximum Gasteiger partial charge on any atom is 0.353 e. The Morgan fingerprint density at radius 3 is 2.13 bits per heavy atom. The molecule has 8 heteroatoms. The molecule has 0 saturated heterocycles. The lowest BCUT2D eigenvalue weighted by atomic mass is 10.1. The van der Waals surface area contributed by atoms with Crippen LogP contribution < -0.4 is 15.4 Å². The van der Waals surface area contributed by atoms with Gasteiger partial charge in [0.05, 0.1) is 11.5 Å². The first-order valence-corrected chi connectivity index (χ1v) is 9.81. The summed E-state index contributed by atoms with van der Waals surface area (Å²) in [6, 6.07) is 13.1. The van der Waals surface area contributed by atoms with Gasteiger partial charge in [0.1, 0.15) is 12.1 Å². The van der Waals surface area contributed by atoms with Crippen LogP contribution in [0.1, 0.15) is 30.9 Å². The number of nitrogens with zero attached hydrogens (tertiary/aromatic N) is 3. The maximum absolute atomic E-state index is 11.8. The number of nitro groups is 1. The molecule has 0 amide bonds. The van der Waals surface area contributed by atoms with E-state index in [-0.39, 0.29) is 17.3 Å². The zero-order valence-corrected chi connectivity index (χ0v) is 17.3. The fraction of sp³-hybridized carbons (Fsp3) is 0.273. The molecule has 8 nitrogen and oxygen atoms in total. The van der Waals surface area contributed by atoms with E-state index >= 15 is 0 Å². The summed E-state index contributed by atoms with van der Waals surface area (Å²) in [5, 5.41) is 17.8. The second-order valence-corrected chi connectivity index (χ2v) is 7.03. The number of rotatable bonds is 9. The Morgan fingerprint density at radius 1 is 0.967 bits per heavy atom. The molecule has 0 bridgehead atoms. The Morgan fingerprint density at radius 2 is 1.57 bits per heavy atom. The fourth-order valence-corrected chi connectivity index (χ4v) is 3.02. The molecule has 1 heterocycles. The van der Waals surface area contributed by atoms with Crippen LogP contribution in [-0.2, 0) is 0 Å². The van der Waals surface area contributed by atoms with Crippen LogP contribution >= 0.6 is 0 Å². The van der Waals surface area contributed by atoms with Gasteiger partial charge in [-0.25, -0.2) is 9.97 Å². The van der Waals surface area contributed by atoms with E-state index < -0.39 is 4.92 Å². The number of aromatic nitrogens is 2. The topological polar surface area (TPSA) is 102 Å². The molecule has 0 fully saturated rings. The molecule has 0 aliphatic carbocycles. The van der Waals surface area contributed by atoms with E-state index in [0.717, 1.165) is 35.4 Å². The number of hydrogen-bond donors (Lipinski definition) is 2. The molecule has 30 heavy (non-hydrogen) atoms. The lowest BCUT2D eigenvalue weighted by Crippen LogP contribution is -2.05. The molecular weight excluding hydrogens is 382 g/mol. The van der Waals surface area contributed by atoms with Crippen molar-refractivity contribution < 1.29 is 9.66 Å². The molecule has 0 saturated carbocycles. The summed E-state index contributed by atoms with van der Waals surface area (Å²) in [6.45, 7) is 6.70. The zero-order chi connectivity index (χ0) is 21.5. The molecule has 0 unspecified atom stereocenters. The van der Waals surface area contributed by atoms with Crippen molar-refractivity contribution in [3.63, 3.8) is 0 Å². The summed E-state index contributed by atoms with van der Waals surface area (Å²) in [5.41, 5.74) is 3.27. The molecule has 0 aliphatic rings. The quantitative estimate of drug-likeness (QED) is 0.268. The van der Waals surface area contributed by atoms with Crippen molar-refractivity contribution >= 4 is 28.7 Å². The summed E-state index contributed by atoms with van der Waals surface area (Å²) < 4.78 is 5.65. The third-order valence-corrected chi connectivity index (χ3v) is 4.37. The van der Waals surface area contributed by atoms with Gasteiger partial charge in [0.2, 0.25) is 11.6 Å². The first-order valence-electron chi connectivity index (χ1n) is 9.81. The monoisotopic (exact) mass is 407 g/mol. The van der Waals surface area contributed by atoms with Crippen molar-refractivity contribution in [3.8, 4) is 5.75 Å². The van der Waals surface area contributed by atoms with Crippen molar-refractivity contribution in [2.45, 2.75) is 33.6 Å². The Hall–Kier alpha value is -3.68. The van der Waals surface area contributed by atoms with E-state index in [9.17, 15) is 10.1 Å². The van der Waals surface area contributed by atoms with Gasteiger partial charge in [-0.1, -0.05) is 19.4 Å². The van der Waals surface area contributed by atoms with E-state index in [1.165, 1.54) is 6.33 Å². The highest BCUT2D eigenvalue weighted by atomic mass is 16.6. The highest BCUT2D eigenvalue weighted by molar-refractivity contribution is 5.77. The van der Waals surface area contributed by atoms with Gasteiger partial charge in [-0.15, -0.1) is 0 Å². The number of anilines is 4. The van der Waals surface area contributed by atoms with E-state index in [0.29, 0.717) is 12.3 Å². The lowest BCUT2D eigenvalue weighted by Gasteiger charge is -2.11. The van der Waals surface area contributed by atoms with E-state index in [2.05, 4.69) is 27.5 Å². The van der Waals surface area contributed by atoms with Crippen LogP contribution in [0.25, 0.3) is 0 Å². The number of ether oxygens (including phenoxy) is 1. The minimum Gasteiger partial charge on any atom is -0.494 e. The van der Waals surface area contributed by atoms with Gasteiger partial charge < -0.3 is 15.4 Å². The zero-order valence-electron chi connectivity index (χ0n) is 17.3. The van der Waals surface area contributed by atoms with Crippen LogP contribution in [0.4, 0.5) is 28.7 Å². The molecule has 0 aliphatic heterocycles. The molecule has 3 rings (SSSR count). The number of nitrogens with one attached hydrogen (secondary N) is 2. The lowest BCUT2D eigenvalue weighted by molar-refractivity contribution is -0.383. The minimum absolute atomic E-state index is 0.113. The standard InChI is InChI=1S/C22H25N5O3/c1-4-5-10-30-19-8-6-17(7-9-19)25-21-20(27(28)29)22(24-14-23-21)26-18-12-15(2)11-16(3)13-18/h6-9,11-14H,4-5,10H2,1-3H3,(H2,23,24,25,26). The fourth-order valence-electron chi connectivity index (χ4n) is 3.02. The Labute approximate surface area is 175 Å². The Kier molecular flexibility index (Phi) is 6.79. The van der Waals surface area contributed by atoms with Gasteiger partial charge in [-0.2, -0.15) is 0 Å². The normalized spacial score (nSPS) is 10.5. The summed E-state index contributed by atoms with van der Waals surface area (Å²) >= 11 is 0. The van der Waals surface area contributed by atoms with Gasteiger partial charge >= 0.3 is 5.69 Å². The summed E-state index contributed by atoms with van der Waals surface area (Å²) in [4.78, 5) is 19.5. The van der Waals surface area contributed by atoms with Crippen LogP contribution in [0, 0.1) is 24.0 Å². The number of unbranched alkanes of at least 4 members (excludes halogenated alkanes) is 1. The second-order valence-electron chi connectivity index (χ2n) is 7.03. The SMILES string of the molecule is CCCCOc1ccc(Nc2ncnc(Nc3cc(C)cc(C)c3)c2[N+](=O)[O-])cc1. The van der Waals surface area contributed by atoms with Crippen molar-refractivity contribution in [1.82, 2.24) is 9.97 Å². The van der Waals surface area contributed by atoms with Gasteiger partial charge in [0.25, 0.3) is 0 Å². The van der Waals surface area contributed by atoms with Crippen molar-refractivity contribution in [2.24, 2.45) is 0 Å². The average Bonchev–Trinajstić information content (AvgIpc) is 2.68. The van der Waals surface area contributed by atoms with Crippen molar-refractivity contribution in [1.29, 1.82) is 0 Å². The van der Waals surface area contributed by atoms with Crippen LogP contribution in [-0.4, -0.2) is 21.5 Å². The predicted molar refractivity (Wildman–Crippen MR) is 118 cm³/mol. The largest absolute Gasteiger partial charge is 0.494 e. The Bertz CT molecular complexity index is 1000. The van der Waals surface area contributed by atoms with Crippen molar-refractivity contribution in [2.75, 3.05) is 17.2 Å². The van der Waals surface area contributed by atoms with E-state index in [1.54, 1.807) is 12.1 Å². The van der Waals surface area contributed by atoms with Gasteiger partial charge in [-0.3, -0.25) is 10.1 Å². The highest BCUT2D eigenvalue weighted by Crippen LogP contribution is 2.33. The summed E-state index contributed by atoms with van der Waals surface area (Å²) in [5.74, 6) is 0.993. The molecule has 0 radical (unpaired) electrons. The second kappa shape index (κ2) is 9.69. The van der Waals surface area contributed by atoms with Crippen molar-refractivity contribution in [3.05, 3.63) is 70.0 Å². The van der Waals surface area contributed by atoms with Crippen LogP contribution in [0.3, 0.4) is 0 Å². The molecular formula is C22H25N5O3. The molecule has 156 valence electrons. The molecule has 3 aromatic rings. The minimum atomic E-state index is -0.491. The maximum atomic E-state index is 11.8.